The third-order valence-electron chi connectivity index (χ3n) is 1.74. The van der Waals surface area contributed by atoms with Gasteiger partial charge in [0.15, 0.2) is 6.10 Å². The summed E-state index contributed by atoms with van der Waals surface area (Å²) in [7, 11) is 1.59. The highest BCUT2D eigenvalue weighted by atomic mass is 79.9. The molecule has 0 aliphatic heterocycles. The molecule has 0 radical (unpaired) electrons. The van der Waals surface area contributed by atoms with Gasteiger partial charge in [-0.05, 0) is 22.9 Å². The molecule has 0 aliphatic carbocycles. The normalized spacial score (nSPS) is 13.4. The zero-order valence-corrected chi connectivity index (χ0v) is 10.1. The first-order chi connectivity index (χ1) is 7.36. The molecular weight excluding hydrogens is 291 g/mol. The molecule has 16 heavy (non-hydrogen) atoms. The minimum absolute atomic E-state index is 0.149. The predicted octanol–water partition coefficient (Wildman–Crippen LogP) is 2.61. The minimum Gasteiger partial charge on any atom is -0.464 e. The number of nitrogens with one attached hydrogen (secondary N) is 1. The van der Waals surface area contributed by atoms with Gasteiger partial charge in [0.2, 0.25) is 5.88 Å². The van der Waals surface area contributed by atoms with Crippen LogP contribution in [0.3, 0.4) is 0 Å². The van der Waals surface area contributed by atoms with Gasteiger partial charge in [0.25, 0.3) is 0 Å². The van der Waals surface area contributed by atoms with E-state index in [9.17, 15) is 13.2 Å². The van der Waals surface area contributed by atoms with E-state index in [0.29, 0.717) is 5.82 Å². The lowest BCUT2D eigenvalue weighted by Crippen LogP contribution is -2.31. The number of halogens is 4. The van der Waals surface area contributed by atoms with Gasteiger partial charge in [-0.2, -0.15) is 13.2 Å². The number of aromatic nitrogens is 2. The van der Waals surface area contributed by atoms with Crippen LogP contribution in [0, 0.1) is 0 Å². The zero-order valence-electron chi connectivity index (χ0n) is 8.47. The van der Waals surface area contributed by atoms with Crippen LogP contribution < -0.4 is 10.1 Å². The van der Waals surface area contributed by atoms with Gasteiger partial charge >= 0.3 is 6.18 Å². The van der Waals surface area contributed by atoms with Crippen molar-refractivity contribution in [2.75, 3.05) is 12.4 Å². The fourth-order valence-electron chi connectivity index (χ4n) is 0.844. The molecule has 8 heteroatoms. The quantitative estimate of drug-likeness (QED) is 0.932. The summed E-state index contributed by atoms with van der Waals surface area (Å²) in [6.45, 7) is 0.910. The fourth-order valence-corrected chi connectivity index (χ4v) is 1.34. The van der Waals surface area contributed by atoms with Crippen molar-refractivity contribution in [2.45, 2.75) is 19.2 Å². The fraction of sp³-hybridized carbons (Fsp3) is 0.500. The van der Waals surface area contributed by atoms with E-state index in [-0.39, 0.29) is 10.4 Å². The standard InChI is InChI=1S/C8H9BrF3N3O/c1-4(8(10,11)12)16-7-5(9)6(13-2)14-3-15-7/h3-4H,1-2H3,(H,13,14,15). The summed E-state index contributed by atoms with van der Waals surface area (Å²) in [4.78, 5) is 7.42. The molecular formula is C8H9BrF3N3O. The average Bonchev–Trinajstić information content (AvgIpc) is 2.19. The molecule has 1 heterocycles. The lowest BCUT2D eigenvalue weighted by atomic mass is 10.4. The van der Waals surface area contributed by atoms with Crippen LogP contribution in [0.5, 0.6) is 5.88 Å². The van der Waals surface area contributed by atoms with Crippen molar-refractivity contribution in [3.05, 3.63) is 10.8 Å². The second-order valence-corrected chi connectivity index (χ2v) is 3.69. The van der Waals surface area contributed by atoms with Crippen LogP contribution in [-0.4, -0.2) is 29.3 Å². The van der Waals surface area contributed by atoms with Gasteiger partial charge in [-0.3, -0.25) is 0 Å². The molecule has 0 saturated carbocycles. The van der Waals surface area contributed by atoms with E-state index in [0.717, 1.165) is 13.3 Å². The summed E-state index contributed by atoms with van der Waals surface area (Å²) in [5.74, 6) is 0.212. The van der Waals surface area contributed by atoms with Crippen molar-refractivity contribution in [3.8, 4) is 5.88 Å². The number of nitrogens with zero attached hydrogens (tertiary/aromatic N) is 2. The Bertz CT molecular complexity index is 372. The molecule has 0 aromatic carbocycles. The molecule has 1 atom stereocenters. The molecule has 0 amide bonds. The Morgan fingerprint density at radius 2 is 2.06 bits per heavy atom. The van der Waals surface area contributed by atoms with Crippen molar-refractivity contribution < 1.29 is 17.9 Å². The molecule has 4 nitrogen and oxygen atoms in total. The zero-order chi connectivity index (χ0) is 12.3. The molecule has 1 rings (SSSR count). The lowest BCUT2D eigenvalue weighted by molar-refractivity contribution is -0.190. The second kappa shape index (κ2) is 4.86. The first-order valence-corrected chi connectivity index (χ1v) is 5.07. The Morgan fingerprint density at radius 3 is 2.56 bits per heavy atom. The molecule has 1 aromatic heterocycles. The Kier molecular flexibility index (Phi) is 3.95. The van der Waals surface area contributed by atoms with Gasteiger partial charge in [-0.25, -0.2) is 9.97 Å². The van der Waals surface area contributed by atoms with Crippen LogP contribution in [0.25, 0.3) is 0 Å². The molecule has 90 valence electrons. The minimum atomic E-state index is -4.43. The highest BCUT2D eigenvalue weighted by Gasteiger charge is 2.38. The largest absolute Gasteiger partial charge is 0.464 e. The smallest absolute Gasteiger partial charge is 0.425 e. The highest BCUT2D eigenvalue weighted by molar-refractivity contribution is 9.10. The number of ether oxygens (including phenoxy) is 1. The first kappa shape index (κ1) is 13.0. The number of alkyl halides is 3. The van der Waals surface area contributed by atoms with Gasteiger partial charge in [-0.1, -0.05) is 0 Å². The molecule has 0 spiro atoms. The van der Waals surface area contributed by atoms with E-state index < -0.39 is 12.3 Å². The monoisotopic (exact) mass is 299 g/mol. The molecule has 0 fully saturated rings. The summed E-state index contributed by atoms with van der Waals surface area (Å²) in [6.07, 6.45) is -5.23. The van der Waals surface area contributed by atoms with E-state index in [1.165, 1.54) is 0 Å². The number of hydrogen-bond acceptors (Lipinski definition) is 4. The van der Waals surface area contributed by atoms with E-state index in [1.54, 1.807) is 7.05 Å². The van der Waals surface area contributed by atoms with Crippen LogP contribution >= 0.6 is 15.9 Å². The summed E-state index contributed by atoms with van der Waals surface area (Å²) in [5.41, 5.74) is 0. The van der Waals surface area contributed by atoms with E-state index in [2.05, 4.69) is 36.0 Å². The van der Waals surface area contributed by atoms with Crippen molar-refractivity contribution in [2.24, 2.45) is 0 Å². The maximum Gasteiger partial charge on any atom is 0.425 e. The summed E-state index contributed by atoms with van der Waals surface area (Å²) < 4.78 is 41.7. The Hall–Kier alpha value is -1.05. The van der Waals surface area contributed by atoms with Gasteiger partial charge in [-0.15, -0.1) is 0 Å². The highest BCUT2D eigenvalue weighted by Crippen LogP contribution is 2.31. The Balaban J connectivity index is 2.90. The molecule has 0 bridgehead atoms. The molecule has 0 aliphatic rings. The Labute approximate surface area is 98.4 Å². The molecule has 1 N–H and O–H groups in total. The van der Waals surface area contributed by atoms with Crippen LogP contribution in [0.4, 0.5) is 19.0 Å². The second-order valence-electron chi connectivity index (χ2n) is 2.89. The first-order valence-electron chi connectivity index (χ1n) is 4.28. The summed E-state index contributed by atoms with van der Waals surface area (Å²) >= 11 is 3.06. The molecule has 0 saturated heterocycles. The molecule has 1 unspecified atom stereocenters. The van der Waals surface area contributed by atoms with Crippen molar-refractivity contribution in [1.29, 1.82) is 0 Å². The maximum atomic E-state index is 12.2. The topological polar surface area (TPSA) is 47.0 Å². The van der Waals surface area contributed by atoms with Crippen LogP contribution in [0.2, 0.25) is 0 Å². The van der Waals surface area contributed by atoms with Gasteiger partial charge in [0, 0.05) is 7.05 Å². The van der Waals surface area contributed by atoms with E-state index in [1.807, 2.05) is 0 Å². The third-order valence-corrected chi connectivity index (χ3v) is 2.46. The Morgan fingerprint density at radius 1 is 1.44 bits per heavy atom. The van der Waals surface area contributed by atoms with Gasteiger partial charge in [0.1, 0.15) is 16.6 Å². The molecule has 1 aromatic rings. The van der Waals surface area contributed by atoms with Crippen LogP contribution in [0.1, 0.15) is 6.92 Å². The van der Waals surface area contributed by atoms with E-state index >= 15 is 0 Å². The van der Waals surface area contributed by atoms with Crippen LogP contribution in [-0.2, 0) is 0 Å². The average molecular weight is 300 g/mol. The maximum absolute atomic E-state index is 12.2. The van der Waals surface area contributed by atoms with E-state index in [4.69, 9.17) is 0 Å². The van der Waals surface area contributed by atoms with Crippen LogP contribution in [0.15, 0.2) is 10.8 Å². The number of anilines is 1. The lowest BCUT2D eigenvalue weighted by Gasteiger charge is -2.17. The van der Waals surface area contributed by atoms with Gasteiger partial charge < -0.3 is 10.1 Å². The summed E-state index contributed by atoms with van der Waals surface area (Å²) in [5, 5.41) is 2.69. The summed E-state index contributed by atoms with van der Waals surface area (Å²) in [6, 6.07) is 0. The third kappa shape index (κ3) is 2.97. The van der Waals surface area contributed by atoms with Crippen molar-refractivity contribution in [1.82, 2.24) is 9.97 Å². The number of rotatable bonds is 3. The number of hydrogen-bond donors (Lipinski definition) is 1. The SMILES string of the molecule is CNc1ncnc(OC(C)C(F)(F)F)c1Br. The predicted molar refractivity (Wildman–Crippen MR) is 55.4 cm³/mol. The van der Waals surface area contributed by atoms with Gasteiger partial charge in [0.05, 0.1) is 0 Å². The van der Waals surface area contributed by atoms with Crippen molar-refractivity contribution >= 4 is 21.7 Å². The van der Waals surface area contributed by atoms with Crippen molar-refractivity contribution in [3.63, 3.8) is 0 Å².